The Morgan fingerprint density at radius 2 is 1.85 bits per heavy atom. The average Bonchev–Trinajstić information content (AvgIpc) is 2.68. The van der Waals surface area contributed by atoms with Crippen LogP contribution >= 0.6 is 0 Å². The van der Waals surface area contributed by atoms with E-state index in [4.69, 9.17) is 4.74 Å². The number of amides is 1. The van der Waals surface area contributed by atoms with Gasteiger partial charge in [-0.25, -0.2) is 4.39 Å². The van der Waals surface area contributed by atoms with Crippen LogP contribution in [0.1, 0.15) is 38.3 Å². The molecule has 1 saturated heterocycles. The van der Waals surface area contributed by atoms with E-state index in [2.05, 4.69) is 41.4 Å². The molecule has 1 amide bonds. The number of piperidine rings is 1. The molecule has 1 atom stereocenters. The van der Waals surface area contributed by atoms with Crippen LogP contribution in [-0.2, 0) is 4.79 Å². The van der Waals surface area contributed by atoms with Crippen molar-refractivity contribution in [2.75, 3.05) is 24.6 Å². The van der Waals surface area contributed by atoms with Gasteiger partial charge in [0.25, 0.3) is 5.91 Å². The van der Waals surface area contributed by atoms with E-state index in [0.717, 1.165) is 24.6 Å². The van der Waals surface area contributed by atoms with Crippen LogP contribution in [0.5, 0.6) is 5.75 Å². The quantitative estimate of drug-likeness (QED) is 0.823. The SMILES string of the molecule is CC1CCN(c2ccc(C(C)NC(=O)COc3ccccc3F)cc2)CC1. The number of nitrogens with one attached hydrogen (secondary N) is 1. The van der Waals surface area contributed by atoms with Gasteiger partial charge < -0.3 is 15.0 Å². The largest absolute Gasteiger partial charge is 0.481 e. The van der Waals surface area contributed by atoms with Gasteiger partial charge in [0, 0.05) is 18.8 Å². The predicted molar refractivity (Wildman–Crippen MR) is 106 cm³/mol. The van der Waals surface area contributed by atoms with Crippen LogP contribution in [0.15, 0.2) is 48.5 Å². The molecule has 0 radical (unpaired) electrons. The molecule has 1 aliphatic rings. The number of carbonyl (C=O) groups excluding carboxylic acids is 1. The van der Waals surface area contributed by atoms with E-state index in [9.17, 15) is 9.18 Å². The van der Waals surface area contributed by atoms with Crippen molar-refractivity contribution in [1.29, 1.82) is 0 Å². The molecule has 0 saturated carbocycles. The van der Waals surface area contributed by atoms with E-state index in [1.807, 2.05) is 6.92 Å². The third-order valence-electron chi connectivity index (χ3n) is 5.11. The molecule has 27 heavy (non-hydrogen) atoms. The summed E-state index contributed by atoms with van der Waals surface area (Å²) < 4.78 is 18.8. The third-order valence-corrected chi connectivity index (χ3v) is 5.11. The van der Waals surface area contributed by atoms with Crippen LogP contribution in [0.4, 0.5) is 10.1 Å². The number of halogens is 1. The summed E-state index contributed by atoms with van der Waals surface area (Å²) >= 11 is 0. The molecule has 0 bridgehead atoms. The van der Waals surface area contributed by atoms with Gasteiger partial charge in [-0.05, 0) is 55.5 Å². The first kappa shape index (κ1) is 19.2. The topological polar surface area (TPSA) is 41.6 Å². The molecule has 0 spiro atoms. The van der Waals surface area contributed by atoms with E-state index in [1.165, 1.54) is 30.7 Å². The lowest BCUT2D eigenvalue weighted by Crippen LogP contribution is -2.33. The highest BCUT2D eigenvalue weighted by Crippen LogP contribution is 2.24. The fourth-order valence-electron chi connectivity index (χ4n) is 3.31. The van der Waals surface area contributed by atoms with Gasteiger partial charge in [0.15, 0.2) is 18.2 Å². The minimum absolute atomic E-state index is 0.0838. The molecule has 1 N–H and O–H groups in total. The monoisotopic (exact) mass is 370 g/mol. The van der Waals surface area contributed by atoms with Gasteiger partial charge in [-0.3, -0.25) is 4.79 Å². The maximum Gasteiger partial charge on any atom is 0.258 e. The Morgan fingerprint density at radius 1 is 1.19 bits per heavy atom. The minimum atomic E-state index is -0.471. The van der Waals surface area contributed by atoms with Crippen molar-refractivity contribution < 1.29 is 13.9 Å². The van der Waals surface area contributed by atoms with Crippen LogP contribution in [0.3, 0.4) is 0 Å². The first-order valence-corrected chi connectivity index (χ1v) is 9.54. The predicted octanol–water partition coefficient (Wildman–Crippen LogP) is 4.32. The second-order valence-corrected chi connectivity index (χ2v) is 7.27. The number of anilines is 1. The van der Waals surface area contributed by atoms with Gasteiger partial charge in [0.2, 0.25) is 0 Å². The summed E-state index contributed by atoms with van der Waals surface area (Å²) in [6.45, 7) is 6.22. The fraction of sp³-hybridized carbons (Fsp3) is 0.409. The van der Waals surface area contributed by atoms with E-state index in [-0.39, 0.29) is 24.3 Å². The second-order valence-electron chi connectivity index (χ2n) is 7.27. The summed E-state index contributed by atoms with van der Waals surface area (Å²) in [4.78, 5) is 14.5. The molecule has 1 heterocycles. The molecule has 3 rings (SSSR count). The Labute approximate surface area is 160 Å². The van der Waals surface area contributed by atoms with Crippen molar-refractivity contribution in [2.45, 2.75) is 32.7 Å². The van der Waals surface area contributed by atoms with Gasteiger partial charge in [-0.1, -0.05) is 31.2 Å². The van der Waals surface area contributed by atoms with Gasteiger partial charge in [0.05, 0.1) is 6.04 Å². The lowest BCUT2D eigenvalue weighted by Gasteiger charge is -2.32. The third kappa shape index (κ3) is 5.22. The van der Waals surface area contributed by atoms with Crippen LogP contribution in [0.25, 0.3) is 0 Å². The number of ether oxygens (including phenoxy) is 1. The normalized spacial score (nSPS) is 16.0. The molecule has 1 aliphatic heterocycles. The summed E-state index contributed by atoms with van der Waals surface area (Å²) in [6, 6.07) is 14.3. The summed E-state index contributed by atoms with van der Waals surface area (Å²) in [7, 11) is 0. The first-order chi connectivity index (χ1) is 13.0. The Bertz CT molecular complexity index is 755. The average molecular weight is 370 g/mol. The van der Waals surface area contributed by atoms with Crippen LogP contribution < -0.4 is 15.0 Å². The lowest BCUT2D eigenvalue weighted by atomic mass is 9.98. The van der Waals surface area contributed by atoms with E-state index >= 15 is 0 Å². The maximum absolute atomic E-state index is 13.5. The van der Waals surface area contributed by atoms with Crippen molar-refractivity contribution in [1.82, 2.24) is 5.32 Å². The number of para-hydroxylation sites is 1. The van der Waals surface area contributed by atoms with Crippen LogP contribution in [-0.4, -0.2) is 25.6 Å². The molecular weight excluding hydrogens is 343 g/mol. The highest BCUT2D eigenvalue weighted by atomic mass is 19.1. The number of nitrogens with zero attached hydrogens (tertiary/aromatic N) is 1. The fourth-order valence-corrected chi connectivity index (χ4v) is 3.31. The van der Waals surface area contributed by atoms with Gasteiger partial charge in [-0.15, -0.1) is 0 Å². The molecule has 2 aromatic carbocycles. The summed E-state index contributed by atoms with van der Waals surface area (Å²) in [5.74, 6) is 0.142. The van der Waals surface area contributed by atoms with E-state index in [1.54, 1.807) is 12.1 Å². The molecule has 0 aliphatic carbocycles. The zero-order chi connectivity index (χ0) is 19.2. The molecule has 144 valence electrons. The first-order valence-electron chi connectivity index (χ1n) is 9.54. The number of hydrogen-bond acceptors (Lipinski definition) is 3. The molecule has 0 aromatic heterocycles. The van der Waals surface area contributed by atoms with Gasteiger partial charge in [0.1, 0.15) is 0 Å². The molecule has 4 nitrogen and oxygen atoms in total. The Kier molecular flexibility index (Phi) is 6.32. The van der Waals surface area contributed by atoms with Crippen molar-refractivity contribution in [3.8, 4) is 5.75 Å². The molecule has 1 fully saturated rings. The lowest BCUT2D eigenvalue weighted by molar-refractivity contribution is -0.123. The maximum atomic E-state index is 13.5. The van der Waals surface area contributed by atoms with Crippen molar-refractivity contribution in [3.63, 3.8) is 0 Å². The molecule has 1 unspecified atom stereocenters. The second kappa shape index (κ2) is 8.89. The number of rotatable bonds is 6. The summed E-state index contributed by atoms with van der Waals surface area (Å²) in [5.41, 5.74) is 2.26. The summed E-state index contributed by atoms with van der Waals surface area (Å²) in [6.07, 6.45) is 2.46. The van der Waals surface area contributed by atoms with Gasteiger partial charge >= 0.3 is 0 Å². The van der Waals surface area contributed by atoms with Crippen molar-refractivity contribution in [2.24, 2.45) is 5.92 Å². The van der Waals surface area contributed by atoms with Crippen LogP contribution in [0.2, 0.25) is 0 Å². The van der Waals surface area contributed by atoms with E-state index in [0.29, 0.717) is 0 Å². The smallest absolute Gasteiger partial charge is 0.258 e. The van der Waals surface area contributed by atoms with Crippen molar-refractivity contribution >= 4 is 11.6 Å². The Morgan fingerprint density at radius 3 is 2.52 bits per heavy atom. The standard InChI is InChI=1S/C22H27FN2O2/c1-16-11-13-25(14-12-16)19-9-7-18(8-10-19)17(2)24-22(26)15-27-21-6-4-3-5-20(21)23/h3-10,16-17H,11-15H2,1-2H3,(H,24,26). The Hall–Kier alpha value is -2.56. The number of carbonyl (C=O) groups is 1. The molecule has 2 aromatic rings. The number of hydrogen-bond donors (Lipinski definition) is 1. The highest BCUT2D eigenvalue weighted by Gasteiger charge is 2.17. The summed E-state index contributed by atoms with van der Waals surface area (Å²) in [5, 5.41) is 2.89. The van der Waals surface area contributed by atoms with Crippen molar-refractivity contribution in [3.05, 3.63) is 59.9 Å². The molecular formula is C22H27FN2O2. The highest BCUT2D eigenvalue weighted by molar-refractivity contribution is 5.78. The minimum Gasteiger partial charge on any atom is -0.481 e. The van der Waals surface area contributed by atoms with Crippen LogP contribution in [0, 0.1) is 11.7 Å². The van der Waals surface area contributed by atoms with E-state index < -0.39 is 5.82 Å². The zero-order valence-electron chi connectivity index (χ0n) is 16.0. The molecule has 5 heteroatoms. The van der Waals surface area contributed by atoms with Gasteiger partial charge in [-0.2, -0.15) is 0 Å². The number of benzene rings is 2. The zero-order valence-corrected chi connectivity index (χ0v) is 16.0. The Balaban J connectivity index is 1.50.